The Hall–Kier alpha value is -3.93. The highest BCUT2D eigenvalue weighted by Crippen LogP contribution is 2.15. The fourth-order valence-electron chi connectivity index (χ4n) is 3.93. The van der Waals surface area contributed by atoms with Crippen molar-refractivity contribution in [3.05, 3.63) is 110 Å². The molecule has 0 aliphatic carbocycles. The number of nitrogens with one attached hydrogen (secondary N) is 1. The first-order valence-electron chi connectivity index (χ1n) is 11.1. The van der Waals surface area contributed by atoms with Crippen LogP contribution in [0.4, 0.5) is 0 Å². The lowest BCUT2D eigenvalue weighted by molar-refractivity contribution is -0.120. The second-order valence-corrected chi connectivity index (χ2v) is 8.15. The van der Waals surface area contributed by atoms with E-state index in [1.54, 1.807) is 47.0 Å². The molecule has 0 aliphatic rings. The summed E-state index contributed by atoms with van der Waals surface area (Å²) >= 11 is 0. The van der Waals surface area contributed by atoms with E-state index in [0.717, 1.165) is 23.1 Å². The van der Waals surface area contributed by atoms with Gasteiger partial charge >= 0.3 is 5.69 Å². The molecule has 1 N–H and O–H groups in total. The molecule has 1 amide bonds. The van der Waals surface area contributed by atoms with Crippen LogP contribution in [0.2, 0.25) is 0 Å². The Labute approximate surface area is 192 Å². The lowest BCUT2D eigenvalue weighted by Gasteiger charge is -2.15. The Morgan fingerprint density at radius 1 is 0.909 bits per heavy atom. The highest BCUT2D eigenvalue weighted by molar-refractivity contribution is 5.79. The molecule has 0 spiro atoms. The number of para-hydroxylation sites is 1. The summed E-state index contributed by atoms with van der Waals surface area (Å²) in [5.41, 5.74) is 3.26. The third kappa shape index (κ3) is 4.65. The van der Waals surface area contributed by atoms with Crippen molar-refractivity contribution in [1.82, 2.24) is 14.5 Å². The van der Waals surface area contributed by atoms with E-state index in [0.29, 0.717) is 29.7 Å². The predicted molar refractivity (Wildman–Crippen MR) is 131 cm³/mol. The minimum absolute atomic E-state index is 0.0481. The number of hydrogen-bond donors (Lipinski definition) is 1. The van der Waals surface area contributed by atoms with Crippen LogP contribution in [-0.2, 0) is 17.8 Å². The average Bonchev–Trinajstić information content (AvgIpc) is 2.82. The first-order chi connectivity index (χ1) is 16.0. The Morgan fingerprint density at radius 2 is 1.61 bits per heavy atom. The predicted octanol–water partition coefficient (Wildman–Crippen LogP) is 3.58. The molecule has 4 rings (SSSR count). The molecular formula is C27H27N3O3. The minimum Gasteiger partial charge on any atom is -0.356 e. The van der Waals surface area contributed by atoms with Crippen LogP contribution in [-0.4, -0.2) is 21.6 Å². The number of rotatable bonds is 7. The number of carbonyl (C=O) groups is 1. The molecule has 168 valence electrons. The van der Waals surface area contributed by atoms with Crippen molar-refractivity contribution in [2.75, 3.05) is 6.54 Å². The summed E-state index contributed by atoms with van der Waals surface area (Å²) in [5, 5.41) is 3.33. The minimum atomic E-state index is -0.393. The fraction of sp³-hybridized carbons (Fsp3) is 0.222. The molecule has 3 aromatic carbocycles. The van der Waals surface area contributed by atoms with Gasteiger partial charge in [0.15, 0.2) is 0 Å². The van der Waals surface area contributed by atoms with Gasteiger partial charge in [-0.1, -0.05) is 55.5 Å². The highest BCUT2D eigenvalue weighted by atomic mass is 16.2. The van der Waals surface area contributed by atoms with Gasteiger partial charge in [0, 0.05) is 6.54 Å². The Morgan fingerprint density at radius 3 is 2.33 bits per heavy atom. The van der Waals surface area contributed by atoms with Crippen LogP contribution in [0.5, 0.6) is 0 Å². The molecule has 0 saturated heterocycles. The maximum atomic E-state index is 13.6. The van der Waals surface area contributed by atoms with Gasteiger partial charge in [0.25, 0.3) is 5.56 Å². The number of hydrogen-bond acceptors (Lipinski definition) is 3. The topological polar surface area (TPSA) is 73.1 Å². The van der Waals surface area contributed by atoms with Crippen LogP contribution in [0.3, 0.4) is 0 Å². The molecule has 6 nitrogen and oxygen atoms in total. The van der Waals surface area contributed by atoms with Crippen LogP contribution >= 0.6 is 0 Å². The Kier molecular flexibility index (Phi) is 6.54. The lowest BCUT2D eigenvalue weighted by atomic mass is 10.1. The van der Waals surface area contributed by atoms with Gasteiger partial charge in [-0.3, -0.25) is 14.2 Å². The molecular weight excluding hydrogens is 414 g/mol. The zero-order valence-electron chi connectivity index (χ0n) is 18.9. The summed E-state index contributed by atoms with van der Waals surface area (Å²) in [5.74, 6) is -0.0481. The van der Waals surface area contributed by atoms with Gasteiger partial charge in [0.1, 0.15) is 0 Å². The SMILES string of the molecule is CCCNC(=O)Cc1ccc(-n2c(=O)c3ccccc3n(Cc3ccccc3C)c2=O)cc1. The zero-order valence-corrected chi connectivity index (χ0v) is 18.9. The van der Waals surface area contributed by atoms with Gasteiger partial charge < -0.3 is 5.32 Å². The maximum absolute atomic E-state index is 13.6. The molecule has 0 aliphatic heterocycles. The average molecular weight is 442 g/mol. The summed E-state index contributed by atoms with van der Waals surface area (Å²) < 4.78 is 2.85. The van der Waals surface area contributed by atoms with E-state index >= 15 is 0 Å². The third-order valence-electron chi connectivity index (χ3n) is 5.77. The van der Waals surface area contributed by atoms with Crippen LogP contribution < -0.4 is 16.6 Å². The van der Waals surface area contributed by atoms with E-state index in [9.17, 15) is 14.4 Å². The standard InChI is InChI=1S/C27H27N3O3/c1-3-16-28-25(31)17-20-12-14-22(15-13-20)30-26(32)23-10-6-7-11-24(23)29(27(30)33)18-21-9-5-4-8-19(21)2/h4-15H,3,16-18H2,1-2H3,(H,28,31). The second kappa shape index (κ2) is 9.69. The summed E-state index contributed by atoms with van der Waals surface area (Å²) in [6.45, 7) is 5.02. The van der Waals surface area contributed by atoms with E-state index in [1.165, 1.54) is 4.57 Å². The fourth-order valence-corrected chi connectivity index (χ4v) is 3.93. The molecule has 0 unspecified atom stereocenters. The molecule has 1 heterocycles. The lowest BCUT2D eigenvalue weighted by Crippen LogP contribution is -2.39. The quantitative estimate of drug-likeness (QED) is 0.477. The summed E-state index contributed by atoms with van der Waals surface area (Å²) in [4.78, 5) is 38.9. The van der Waals surface area contributed by atoms with Crippen molar-refractivity contribution in [3.63, 3.8) is 0 Å². The molecule has 0 fully saturated rings. The Bertz CT molecular complexity index is 1420. The van der Waals surface area contributed by atoms with E-state index < -0.39 is 5.69 Å². The van der Waals surface area contributed by atoms with Crippen molar-refractivity contribution in [2.45, 2.75) is 33.2 Å². The Balaban J connectivity index is 1.79. The summed E-state index contributed by atoms with van der Waals surface area (Å²) in [7, 11) is 0. The smallest absolute Gasteiger partial charge is 0.336 e. The van der Waals surface area contributed by atoms with E-state index in [4.69, 9.17) is 0 Å². The monoisotopic (exact) mass is 441 g/mol. The van der Waals surface area contributed by atoms with E-state index in [2.05, 4.69) is 5.32 Å². The molecule has 1 aromatic heterocycles. The maximum Gasteiger partial charge on any atom is 0.336 e. The number of carbonyl (C=O) groups excluding carboxylic acids is 1. The van der Waals surface area contributed by atoms with Crippen molar-refractivity contribution < 1.29 is 4.79 Å². The van der Waals surface area contributed by atoms with E-state index in [-0.39, 0.29) is 17.9 Å². The van der Waals surface area contributed by atoms with Crippen molar-refractivity contribution in [2.24, 2.45) is 0 Å². The third-order valence-corrected chi connectivity index (χ3v) is 5.77. The van der Waals surface area contributed by atoms with Gasteiger partial charge in [-0.05, 0) is 54.3 Å². The number of aromatic nitrogens is 2. The second-order valence-electron chi connectivity index (χ2n) is 8.15. The van der Waals surface area contributed by atoms with E-state index in [1.807, 2.05) is 44.2 Å². The first kappa shape index (κ1) is 22.3. The van der Waals surface area contributed by atoms with Crippen molar-refractivity contribution in [1.29, 1.82) is 0 Å². The van der Waals surface area contributed by atoms with Crippen LogP contribution in [0.25, 0.3) is 16.6 Å². The van der Waals surface area contributed by atoms with Crippen LogP contribution in [0.1, 0.15) is 30.0 Å². The number of benzene rings is 3. The molecule has 33 heavy (non-hydrogen) atoms. The molecule has 0 atom stereocenters. The molecule has 6 heteroatoms. The highest BCUT2D eigenvalue weighted by Gasteiger charge is 2.15. The first-order valence-corrected chi connectivity index (χ1v) is 11.1. The number of aryl methyl sites for hydroxylation is 1. The van der Waals surface area contributed by atoms with Crippen molar-refractivity contribution in [3.8, 4) is 5.69 Å². The summed E-state index contributed by atoms with van der Waals surface area (Å²) in [6, 6.07) is 22.1. The molecule has 4 aromatic rings. The summed E-state index contributed by atoms with van der Waals surface area (Å²) in [6.07, 6.45) is 1.13. The van der Waals surface area contributed by atoms with Gasteiger partial charge in [-0.15, -0.1) is 0 Å². The normalized spacial score (nSPS) is 11.0. The van der Waals surface area contributed by atoms with Gasteiger partial charge in [-0.2, -0.15) is 0 Å². The van der Waals surface area contributed by atoms with Crippen molar-refractivity contribution >= 4 is 16.8 Å². The molecule has 0 radical (unpaired) electrons. The van der Waals surface area contributed by atoms with Crippen LogP contribution in [0, 0.1) is 6.92 Å². The number of nitrogens with zero attached hydrogens (tertiary/aromatic N) is 2. The number of amides is 1. The van der Waals surface area contributed by atoms with Gasteiger partial charge in [-0.25, -0.2) is 9.36 Å². The largest absolute Gasteiger partial charge is 0.356 e. The zero-order chi connectivity index (χ0) is 23.4. The van der Waals surface area contributed by atoms with Gasteiger partial charge in [0.05, 0.1) is 29.6 Å². The van der Waals surface area contributed by atoms with Gasteiger partial charge in [0.2, 0.25) is 5.91 Å². The van der Waals surface area contributed by atoms with Crippen LogP contribution in [0.15, 0.2) is 82.4 Å². The molecule has 0 saturated carbocycles. The number of fused-ring (bicyclic) bond motifs is 1. The molecule has 0 bridgehead atoms.